The molecule has 0 spiro atoms. The van der Waals surface area contributed by atoms with E-state index in [2.05, 4.69) is 11.8 Å². The monoisotopic (exact) mass is 310 g/mol. The summed E-state index contributed by atoms with van der Waals surface area (Å²) >= 11 is 0. The van der Waals surface area contributed by atoms with Crippen molar-refractivity contribution in [2.45, 2.75) is 6.92 Å². The van der Waals surface area contributed by atoms with Gasteiger partial charge in [0.2, 0.25) is 0 Å². The molecular formula is C19H18O4. The standard InChI is InChI=1S/C19H18O4/c1-4-23-19(20)18-13-17(22-3)12-9-15(18)8-5-14-6-10-16(21-2)11-7-14/h6-7,9-13H,4H2,1-3H3. The number of rotatable bonds is 4. The molecule has 0 amide bonds. The van der Waals surface area contributed by atoms with Crippen LogP contribution in [-0.4, -0.2) is 26.8 Å². The Kier molecular flexibility index (Phi) is 5.65. The molecule has 4 heteroatoms. The zero-order chi connectivity index (χ0) is 16.7. The summed E-state index contributed by atoms with van der Waals surface area (Å²) in [4.78, 5) is 12.1. The maximum absolute atomic E-state index is 12.1. The van der Waals surface area contributed by atoms with Crippen molar-refractivity contribution in [1.82, 2.24) is 0 Å². The molecule has 2 aromatic rings. The van der Waals surface area contributed by atoms with Crippen LogP contribution in [0.5, 0.6) is 11.5 Å². The van der Waals surface area contributed by atoms with E-state index in [0.717, 1.165) is 11.3 Å². The van der Waals surface area contributed by atoms with Gasteiger partial charge in [0.25, 0.3) is 0 Å². The lowest BCUT2D eigenvalue weighted by Gasteiger charge is -2.07. The Hall–Kier alpha value is -2.93. The summed E-state index contributed by atoms with van der Waals surface area (Å²) in [5.74, 6) is 6.99. The Morgan fingerprint density at radius 2 is 1.61 bits per heavy atom. The summed E-state index contributed by atoms with van der Waals surface area (Å²) in [5.41, 5.74) is 1.82. The molecule has 0 unspecified atom stereocenters. The van der Waals surface area contributed by atoms with Crippen LogP contribution in [0.2, 0.25) is 0 Å². The molecule has 0 radical (unpaired) electrons. The molecule has 0 atom stereocenters. The van der Waals surface area contributed by atoms with Gasteiger partial charge in [-0.25, -0.2) is 4.79 Å². The van der Waals surface area contributed by atoms with Crippen molar-refractivity contribution < 1.29 is 19.0 Å². The third kappa shape index (κ3) is 4.27. The van der Waals surface area contributed by atoms with Gasteiger partial charge in [-0.1, -0.05) is 11.8 Å². The molecule has 0 saturated carbocycles. The molecule has 23 heavy (non-hydrogen) atoms. The minimum Gasteiger partial charge on any atom is -0.497 e. The van der Waals surface area contributed by atoms with Crippen LogP contribution >= 0.6 is 0 Å². The van der Waals surface area contributed by atoms with Gasteiger partial charge in [-0.2, -0.15) is 0 Å². The van der Waals surface area contributed by atoms with Gasteiger partial charge in [0, 0.05) is 11.1 Å². The number of ether oxygens (including phenoxy) is 3. The molecule has 0 aliphatic carbocycles. The van der Waals surface area contributed by atoms with E-state index in [-0.39, 0.29) is 0 Å². The van der Waals surface area contributed by atoms with Crippen LogP contribution in [0.15, 0.2) is 42.5 Å². The van der Waals surface area contributed by atoms with Crippen molar-refractivity contribution in [2.24, 2.45) is 0 Å². The van der Waals surface area contributed by atoms with E-state index in [1.165, 1.54) is 0 Å². The molecule has 0 aromatic heterocycles. The van der Waals surface area contributed by atoms with E-state index in [1.54, 1.807) is 39.3 Å². The predicted molar refractivity (Wildman–Crippen MR) is 87.9 cm³/mol. The molecule has 2 rings (SSSR count). The highest BCUT2D eigenvalue weighted by Crippen LogP contribution is 2.18. The number of benzene rings is 2. The van der Waals surface area contributed by atoms with Crippen molar-refractivity contribution in [1.29, 1.82) is 0 Å². The van der Waals surface area contributed by atoms with E-state index >= 15 is 0 Å². The molecule has 2 aromatic carbocycles. The van der Waals surface area contributed by atoms with Gasteiger partial charge in [0.15, 0.2) is 0 Å². The van der Waals surface area contributed by atoms with E-state index < -0.39 is 5.97 Å². The first-order valence-electron chi connectivity index (χ1n) is 7.19. The Morgan fingerprint density at radius 1 is 0.957 bits per heavy atom. The summed E-state index contributed by atoms with van der Waals surface area (Å²) in [6.45, 7) is 2.07. The number of carbonyl (C=O) groups excluding carboxylic acids is 1. The van der Waals surface area contributed by atoms with E-state index in [1.807, 2.05) is 24.3 Å². The summed E-state index contributed by atoms with van der Waals surface area (Å²) in [5, 5.41) is 0. The lowest BCUT2D eigenvalue weighted by atomic mass is 10.1. The predicted octanol–water partition coefficient (Wildman–Crippen LogP) is 3.28. The number of esters is 1. The van der Waals surface area contributed by atoms with Crippen molar-refractivity contribution in [2.75, 3.05) is 20.8 Å². The molecule has 0 bridgehead atoms. The molecule has 0 saturated heterocycles. The topological polar surface area (TPSA) is 44.8 Å². The fourth-order valence-corrected chi connectivity index (χ4v) is 1.95. The van der Waals surface area contributed by atoms with E-state index in [9.17, 15) is 4.79 Å². The van der Waals surface area contributed by atoms with Gasteiger partial charge in [0.1, 0.15) is 11.5 Å². The normalized spacial score (nSPS) is 9.52. The van der Waals surface area contributed by atoms with Crippen LogP contribution in [0, 0.1) is 11.8 Å². The Bertz CT molecular complexity index is 736. The third-order valence-corrected chi connectivity index (χ3v) is 3.15. The van der Waals surface area contributed by atoms with Crippen molar-refractivity contribution in [3.8, 4) is 23.3 Å². The lowest BCUT2D eigenvalue weighted by Crippen LogP contribution is -2.07. The van der Waals surface area contributed by atoms with Crippen molar-refractivity contribution in [3.05, 3.63) is 59.2 Å². The highest BCUT2D eigenvalue weighted by Gasteiger charge is 2.12. The third-order valence-electron chi connectivity index (χ3n) is 3.15. The average molecular weight is 310 g/mol. The SMILES string of the molecule is CCOC(=O)c1cc(OC)ccc1C#Cc1ccc(OC)cc1. The number of carbonyl (C=O) groups is 1. The smallest absolute Gasteiger partial charge is 0.339 e. The van der Waals surface area contributed by atoms with Crippen molar-refractivity contribution in [3.63, 3.8) is 0 Å². The molecule has 0 heterocycles. The molecular weight excluding hydrogens is 292 g/mol. The maximum Gasteiger partial charge on any atom is 0.339 e. The second-order valence-electron chi connectivity index (χ2n) is 4.61. The largest absolute Gasteiger partial charge is 0.497 e. The van der Waals surface area contributed by atoms with Crippen LogP contribution in [0.25, 0.3) is 0 Å². The minimum atomic E-state index is -0.412. The first-order valence-corrected chi connectivity index (χ1v) is 7.19. The summed E-state index contributed by atoms with van der Waals surface area (Å²) in [7, 11) is 3.16. The van der Waals surface area contributed by atoms with Gasteiger partial charge in [0.05, 0.1) is 26.4 Å². The second-order valence-corrected chi connectivity index (χ2v) is 4.61. The van der Waals surface area contributed by atoms with Crippen LogP contribution < -0.4 is 9.47 Å². The number of hydrogen-bond acceptors (Lipinski definition) is 4. The van der Waals surface area contributed by atoms with Crippen LogP contribution in [0.1, 0.15) is 28.4 Å². The quantitative estimate of drug-likeness (QED) is 0.642. The molecule has 4 nitrogen and oxygen atoms in total. The van der Waals surface area contributed by atoms with E-state index in [0.29, 0.717) is 23.5 Å². The van der Waals surface area contributed by atoms with Gasteiger partial charge in [-0.05, 0) is 49.4 Å². The molecule has 0 aliphatic heterocycles. The van der Waals surface area contributed by atoms with Gasteiger partial charge < -0.3 is 14.2 Å². The number of methoxy groups -OCH3 is 2. The summed E-state index contributed by atoms with van der Waals surface area (Å²) in [6, 6.07) is 12.5. The highest BCUT2D eigenvalue weighted by atomic mass is 16.5. The fourth-order valence-electron chi connectivity index (χ4n) is 1.95. The van der Waals surface area contributed by atoms with Gasteiger partial charge in [-0.15, -0.1) is 0 Å². The van der Waals surface area contributed by atoms with Crippen LogP contribution in [0.4, 0.5) is 0 Å². The zero-order valence-corrected chi connectivity index (χ0v) is 13.4. The maximum atomic E-state index is 12.1. The van der Waals surface area contributed by atoms with E-state index in [4.69, 9.17) is 14.2 Å². The number of hydrogen-bond donors (Lipinski definition) is 0. The fraction of sp³-hybridized carbons (Fsp3) is 0.211. The summed E-state index contributed by atoms with van der Waals surface area (Å²) < 4.78 is 15.3. The molecule has 0 aliphatic rings. The van der Waals surface area contributed by atoms with Crippen molar-refractivity contribution >= 4 is 5.97 Å². The van der Waals surface area contributed by atoms with Gasteiger partial charge >= 0.3 is 5.97 Å². The molecule has 0 N–H and O–H groups in total. The molecule has 118 valence electrons. The Morgan fingerprint density at radius 3 is 2.22 bits per heavy atom. The summed E-state index contributed by atoms with van der Waals surface area (Å²) in [6.07, 6.45) is 0. The second kappa shape index (κ2) is 7.90. The highest BCUT2D eigenvalue weighted by molar-refractivity contribution is 5.93. The Balaban J connectivity index is 2.35. The lowest BCUT2D eigenvalue weighted by molar-refractivity contribution is 0.0525. The first kappa shape index (κ1) is 16.4. The Labute approximate surface area is 136 Å². The van der Waals surface area contributed by atoms with Crippen LogP contribution in [-0.2, 0) is 4.74 Å². The van der Waals surface area contributed by atoms with Crippen LogP contribution in [0.3, 0.4) is 0 Å². The zero-order valence-electron chi connectivity index (χ0n) is 13.4. The average Bonchev–Trinajstić information content (AvgIpc) is 2.60. The van der Waals surface area contributed by atoms with Gasteiger partial charge in [-0.3, -0.25) is 0 Å². The first-order chi connectivity index (χ1) is 11.2. The minimum absolute atomic E-state index is 0.307. The molecule has 0 fully saturated rings.